The number of aromatic nitrogens is 1. The SMILES string of the molecule is CCCC1CCCN(Cc2nc(NC)ccc2Cl)CC1. The van der Waals surface area contributed by atoms with E-state index in [1.165, 1.54) is 45.2 Å². The van der Waals surface area contributed by atoms with Gasteiger partial charge in [-0.05, 0) is 50.4 Å². The predicted octanol–water partition coefficient (Wildman–Crippen LogP) is 4.18. The van der Waals surface area contributed by atoms with Crippen LogP contribution < -0.4 is 5.32 Å². The van der Waals surface area contributed by atoms with Gasteiger partial charge in [-0.25, -0.2) is 4.98 Å². The molecule has 0 bridgehead atoms. The average Bonchev–Trinajstić information content (AvgIpc) is 2.67. The van der Waals surface area contributed by atoms with Crippen LogP contribution in [0.15, 0.2) is 12.1 Å². The smallest absolute Gasteiger partial charge is 0.126 e. The molecule has 1 aliphatic rings. The van der Waals surface area contributed by atoms with Crippen molar-refractivity contribution in [2.24, 2.45) is 5.92 Å². The third kappa shape index (κ3) is 4.35. The van der Waals surface area contributed by atoms with Crippen LogP contribution >= 0.6 is 11.6 Å². The zero-order valence-electron chi connectivity index (χ0n) is 12.7. The molecule has 1 atom stereocenters. The lowest BCUT2D eigenvalue weighted by Gasteiger charge is -2.20. The van der Waals surface area contributed by atoms with Crippen molar-refractivity contribution in [1.82, 2.24) is 9.88 Å². The van der Waals surface area contributed by atoms with E-state index in [0.29, 0.717) is 0 Å². The van der Waals surface area contributed by atoms with E-state index in [0.717, 1.165) is 29.0 Å². The summed E-state index contributed by atoms with van der Waals surface area (Å²) in [6.45, 7) is 5.50. The molecule has 4 heteroatoms. The van der Waals surface area contributed by atoms with Gasteiger partial charge in [0.15, 0.2) is 0 Å². The molecule has 0 amide bonds. The normalized spacial score (nSPS) is 20.6. The first-order chi connectivity index (χ1) is 9.72. The van der Waals surface area contributed by atoms with Crippen LogP contribution in [0, 0.1) is 5.92 Å². The van der Waals surface area contributed by atoms with Crippen molar-refractivity contribution >= 4 is 17.4 Å². The van der Waals surface area contributed by atoms with E-state index in [1.54, 1.807) is 0 Å². The summed E-state index contributed by atoms with van der Waals surface area (Å²) in [5, 5.41) is 3.86. The first-order valence-electron chi connectivity index (χ1n) is 7.78. The van der Waals surface area contributed by atoms with Crippen molar-refractivity contribution in [3.05, 3.63) is 22.8 Å². The fourth-order valence-corrected chi connectivity index (χ4v) is 3.19. The van der Waals surface area contributed by atoms with Gasteiger partial charge in [-0.2, -0.15) is 0 Å². The molecule has 0 spiro atoms. The van der Waals surface area contributed by atoms with Gasteiger partial charge in [0.1, 0.15) is 5.82 Å². The summed E-state index contributed by atoms with van der Waals surface area (Å²) in [4.78, 5) is 7.09. The van der Waals surface area contributed by atoms with E-state index in [-0.39, 0.29) is 0 Å². The number of hydrogen-bond acceptors (Lipinski definition) is 3. The molecule has 1 unspecified atom stereocenters. The topological polar surface area (TPSA) is 28.2 Å². The zero-order valence-corrected chi connectivity index (χ0v) is 13.4. The van der Waals surface area contributed by atoms with Crippen LogP contribution in [-0.2, 0) is 6.54 Å². The molecule has 2 rings (SSSR count). The molecule has 112 valence electrons. The maximum absolute atomic E-state index is 6.27. The largest absolute Gasteiger partial charge is 0.373 e. The highest BCUT2D eigenvalue weighted by Crippen LogP contribution is 2.24. The molecule has 1 saturated heterocycles. The Kier molecular flexibility index (Phi) is 6.11. The Morgan fingerprint density at radius 2 is 2.20 bits per heavy atom. The average molecular weight is 296 g/mol. The lowest BCUT2D eigenvalue weighted by atomic mass is 9.96. The fourth-order valence-electron chi connectivity index (χ4n) is 3.03. The third-order valence-electron chi connectivity index (χ3n) is 4.19. The lowest BCUT2D eigenvalue weighted by molar-refractivity contribution is 0.268. The van der Waals surface area contributed by atoms with Crippen molar-refractivity contribution in [2.75, 3.05) is 25.5 Å². The molecule has 3 nitrogen and oxygen atoms in total. The Labute approximate surface area is 127 Å². The first-order valence-corrected chi connectivity index (χ1v) is 8.16. The summed E-state index contributed by atoms with van der Waals surface area (Å²) in [5.74, 6) is 1.81. The summed E-state index contributed by atoms with van der Waals surface area (Å²) >= 11 is 6.27. The van der Waals surface area contributed by atoms with Gasteiger partial charge < -0.3 is 5.32 Å². The van der Waals surface area contributed by atoms with Crippen LogP contribution in [0.3, 0.4) is 0 Å². The molecular weight excluding hydrogens is 270 g/mol. The Balaban J connectivity index is 1.96. The molecule has 1 N–H and O–H groups in total. The quantitative estimate of drug-likeness (QED) is 0.883. The maximum atomic E-state index is 6.27. The zero-order chi connectivity index (χ0) is 14.4. The maximum Gasteiger partial charge on any atom is 0.126 e. The lowest BCUT2D eigenvalue weighted by Crippen LogP contribution is -2.25. The minimum atomic E-state index is 0.776. The molecule has 0 saturated carbocycles. The molecular formula is C16H26ClN3. The Hall–Kier alpha value is -0.800. The van der Waals surface area contributed by atoms with Crippen molar-refractivity contribution in [1.29, 1.82) is 0 Å². The number of nitrogens with one attached hydrogen (secondary N) is 1. The summed E-state index contributed by atoms with van der Waals surface area (Å²) in [5.41, 5.74) is 0.993. The van der Waals surface area contributed by atoms with E-state index in [4.69, 9.17) is 11.6 Å². The Morgan fingerprint density at radius 3 is 2.95 bits per heavy atom. The second kappa shape index (κ2) is 7.84. The van der Waals surface area contributed by atoms with Crippen LogP contribution in [0.5, 0.6) is 0 Å². The van der Waals surface area contributed by atoms with E-state index < -0.39 is 0 Å². The van der Waals surface area contributed by atoms with Crippen LogP contribution in [0.4, 0.5) is 5.82 Å². The molecule has 20 heavy (non-hydrogen) atoms. The number of anilines is 1. The fraction of sp³-hybridized carbons (Fsp3) is 0.688. The predicted molar refractivity (Wildman–Crippen MR) is 86.3 cm³/mol. The second-order valence-corrected chi connectivity index (χ2v) is 6.14. The van der Waals surface area contributed by atoms with Gasteiger partial charge in [-0.15, -0.1) is 0 Å². The molecule has 0 aliphatic carbocycles. The molecule has 1 fully saturated rings. The molecule has 1 aromatic heterocycles. The summed E-state index contributed by atoms with van der Waals surface area (Å²) in [7, 11) is 1.89. The standard InChI is InChI=1S/C16H26ClN3/c1-3-5-13-6-4-10-20(11-9-13)12-15-14(17)7-8-16(18-2)19-15/h7-8,13H,3-6,9-12H2,1-2H3,(H,18,19). The minimum absolute atomic E-state index is 0.776. The van der Waals surface area contributed by atoms with Gasteiger partial charge in [0.25, 0.3) is 0 Å². The van der Waals surface area contributed by atoms with Gasteiger partial charge in [-0.1, -0.05) is 31.4 Å². The van der Waals surface area contributed by atoms with Crippen molar-refractivity contribution in [2.45, 2.75) is 45.6 Å². The molecule has 0 radical (unpaired) electrons. The molecule has 0 aromatic carbocycles. The summed E-state index contributed by atoms with van der Waals surface area (Å²) in [6, 6.07) is 3.86. The van der Waals surface area contributed by atoms with Gasteiger partial charge >= 0.3 is 0 Å². The van der Waals surface area contributed by atoms with Crippen LogP contribution in [0.25, 0.3) is 0 Å². The van der Waals surface area contributed by atoms with Crippen LogP contribution in [-0.4, -0.2) is 30.0 Å². The van der Waals surface area contributed by atoms with Crippen molar-refractivity contribution in [3.63, 3.8) is 0 Å². The minimum Gasteiger partial charge on any atom is -0.373 e. The Morgan fingerprint density at radius 1 is 1.35 bits per heavy atom. The first kappa shape index (κ1) is 15.6. The molecule has 1 aromatic rings. The van der Waals surface area contributed by atoms with Crippen LogP contribution in [0.1, 0.15) is 44.7 Å². The second-order valence-electron chi connectivity index (χ2n) is 5.74. The Bertz CT molecular complexity index is 422. The van der Waals surface area contributed by atoms with E-state index in [2.05, 4.69) is 22.1 Å². The van der Waals surface area contributed by atoms with Crippen LogP contribution in [0.2, 0.25) is 5.02 Å². The highest BCUT2D eigenvalue weighted by atomic mass is 35.5. The number of pyridine rings is 1. The number of hydrogen-bond donors (Lipinski definition) is 1. The summed E-state index contributed by atoms with van der Waals surface area (Å²) in [6.07, 6.45) is 6.68. The third-order valence-corrected chi connectivity index (χ3v) is 4.53. The van der Waals surface area contributed by atoms with Crippen molar-refractivity contribution in [3.8, 4) is 0 Å². The van der Waals surface area contributed by atoms with Gasteiger partial charge in [0.2, 0.25) is 0 Å². The molecule has 1 aliphatic heterocycles. The van der Waals surface area contributed by atoms with Gasteiger partial charge in [0, 0.05) is 13.6 Å². The monoisotopic (exact) mass is 295 g/mol. The van der Waals surface area contributed by atoms with Gasteiger partial charge in [0.05, 0.1) is 10.7 Å². The molecule has 2 heterocycles. The number of nitrogens with zero attached hydrogens (tertiary/aromatic N) is 2. The van der Waals surface area contributed by atoms with E-state index in [1.807, 2.05) is 19.2 Å². The van der Waals surface area contributed by atoms with Crippen molar-refractivity contribution < 1.29 is 0 Å². The van der Waals surface area contributed by atoms with Gasteiger partial charge in [-0.3, -0.25) is 4.90 Å². The summed E-state index contributed by atoms with van der Waals surface area (Å²) < 4.78 is 0. The number of halogens is 1. The number of likely N-dealkylation sites (tertiary alicyclic amines) is 1. The highest BCUT2D eigenvalue weighted by Gasteiger charge is 2.17. The van der Waals surface area contributed by atoms with E-state index in [9.17, 15) is 0 Å². The van der Waals surface area contributed by atoms with E-state index >= 15 is 0 Å². The highest BCUT2D eigenvalue weighted by molar-refractivity contribution is 6.31. The number of rotatable bonds is 5.